The number of sulfone groups is 1. The molecule has 0 aliphatic carbocycles. The Hall–Kier alpha value is -2.84. The van der Waals surface area contributed by atoms with Crippen molar-refractivity contribution in [2.75, 3.05) is 30.8 Å². The van der Waals surface area contributed by atoms with Crippen molar-refractivity contribution in [1.82, 2.24) is 4.90 Å². The Labute approximate surface area is 198 Å². The molecule has 1 saturated heterocycles. The van der Waals surface area contributed by atoms with Gasteiger partial charge < -0.3 is 4.90 Å². The van der Waals surface area contributed by atoms with Crippen molar-refractivity contribution in [3.05, 3.63) is 95.6 Å². The Morgan fingerprint density at radius 2 is 1.59 bits per heavy atom. The van der Waals surface area contributed by atoms with E-state index in [2.05, 4.69) is 9.80 Å². The van der Waals surface area contributed by atoms with Crippen molar-refractivity contribution in [2.45, 2.75) is 30.1 Å². The standard InChI is InChI=1S/C26H27F3N2O2S/c1-19(20-11-13-22(14-12-20)26(27,28)29)31-16-15-30(18-25(31)21-7-4-3-5-8-21)23-9-6-10-24(17-23)34(2,32)33/h3-14,17,19,25H,15-16,18H2,1-2H3/t19-,25+/m1/s1. The molecule has 1 aliphatic rings. The molecular weight excluding hydrogens is 461 g/mol. The number of halogens is 3. The maximum Gasteiger partial charge on any atom is 0.416 e. The van der Waals surface area contributed by atoms with E-state index in [1.165, 1.54) is 6.26 Å². The number of anilines is 1. The van der Waals surface area contributed by atoms with Gasteiger partial charge in [-0.2, -0.15) is 13.2 Å². The first-order chi connectivity index (χ1) is 16.0. The summed E-state index contributed by atoms with van der Waals surface area (Å²) in [5.74, 6) is 0. The van der Waals surface area contributed by atoms with Gasteiger partial charge in [0.2, 0.25) is 0 Å². The number of nitrogens with zero attached hydrogens (tertiary/aromatic N) is 2. The zero-order valence-electron chi connectivity index (χ0n) is 19.0. The van der Waals surface area contributed by atoms with Crippen LogP contribution in [0.1, 0.15) is 35.7 Å². The minimum Gasteiger partial charge on any atom is -0.368 e. The smallest absolute Gasteiger partial charge is 0.368 e. The lowest BCUT2D eigenvalue weighted by Gasteiger charge is -2.45. The van der Waals surface area contributed by atoms with E-state index in [4.69, 9.17) is 0 Å². The monoisotopic (exact) mass is 488 g/mol. The van der Waals surface area contributed by atoms with Gasteiger partial charge in [-0.05, 0) is 48.4 Å². The predicted molar refractivity (Wildman–Crippen MR) is 128 cm³/mol. The van der Waals surface area contributed by atoms with Crippen LogP contribution in [0.25, 0.3) is 0 Å². The van der Waals surface area contributed by atoms with Gasteiger partial charge in [-0.15, -0.1) is 0 Å². The van der Waals surface area contributed by atoms with Crippen LogP contribution in [0.5, 0.6) is 0 Å². The Bertz CT molecular complexity index is 1230. The first-order valence-electron chi connectivity index (χ1n) is 11.1. The molecule has 1 fully saturated rings. The third kappa shape index (κ3) is 5.28. The zero-order chi connectivity index (χ0) is 24.5. The summed E-state index contributed by atoms with van der Waals surface area (Å²) in [6.45, 7) is 3.98. The Morgan fingerprint density at radius 1 is 0.912 bits per heavy atom. The molecule has 0 spiro atoms. The molecule has 3 aromatic carbocycles. The summed E-state index contributed by atoms with van der Waals surface area (Å²) in [4.78, 5) is 4.75. The lowest BCUT2D eigenvalue weighted by molar-refractivity contribution is -0.137. The first kappa shape index (κ1) is 24.3. The SMILES string of the molecule is C[C@H](c1ccc(C(F)(F)F)cc1)N1CCN(c2cccc(S(C)(=O)=O)c2)C[C@H]1c1ccccc1. The number of alkyl halides is 3. The van der Waals surface area contributed by atoms with E-state index < -0.39 is 21.6 Å². The third-order valence-corrected chi connectivity index (χ3v) is 7.55. The second-order valence-electron chi connectivity index (χ2n) is 8.68. The molecule has 8 heteroatoms. The van der Waals surface area contributed by atoms with Gasteiger partial charge >= 0.3 is 6.18 Å². The second kappa shape index (κ2) is 9.43. The maximum absolute atomic E-state index is 13.0. The van der Waals surface area contributed by atoms with Crippen molar-refractivity contribution < 1.29 is 21.6 Å². The van der Waals surface area contributed by atoms with Gasteiger partial charge in [-0.1, -0.05) is 48.5 Å². The molecule has 2 atom stereocenters. The summed E-state index contributed by atoms with van der Waals surface area (Å²) in [5, 5.41) is 0. The van der Waals surface area contributed by atoms with Crippen LogP contribution in [-0.2, 0) is 16.0 Å². The fourth-order valence-electron chi connectivity index (χ4n) is 4.52. The highest BCUT2D eigenvalue weighted by molar-refractivity contribution is 7.90. The average molecular weight is 489 g/mol. The molecule has 0 saturated carbocycles. The highest BCUT2D eigenvalue weighted by Crippen LogP contribution is 2.36. The summed E-state index contributed by atoms with van der Waals surface area (Å²) >= 11 is 0. The minimum atomic E-state index is -4.36. The Morgan fingerprint density at radius 3 is 2.21 bits per heavy atom. The Kier molecular flexibility index (Phi) is 6.73. The van der Waals surface area contributed by atoms with Crippen LogP contribution >= 0.6 is 0 Å². The molecule has 0 unspecified atom stereocenters. The van der Waals surface area contributed by atoms with E-state index in [0.29, 0.717) is 19.6 Å². The van der Waals surface area contributed by atoms with Gasteiger partial charge in [0.25, 0.3) is 0 Å². The van der Waals surface area contributed by atoms with Crippen molar-refractivity contribution in [3.63, 3.8) is 0 Å². The second-order valence-corrected chi connectivity index (χ2v) is 10.7. The summed E-state index contributed by atoms with van der Waals surface area (Å²) in [6.07, 6.45) is -3.16. The third-order valence-electron chi connectivity index (χ3n) is 6.43. The molecule has 0 N–H and O–H groups in total. The molecule has 1 heterocycles. The van der Waals surface area contributed by atoms with Crippen molar-refractivity contribution >= 4 is 15.5 Å². The number of hydrogen-bond acceptors (Lipinski definition) is 4. The van der Waals surface area contributed by atoms with E-state index >= 15 is 0 Å². The highest BCUT2D eigenvalue weighted by atomic mass is 32.2. The summed E-state index contributed by atoms with van der Waals surface area (Å²) < 4.78 is 63.1. The molecule has 4 rings (SSSR count). The zero-order valence-corrected chi connectivity index (χ0v) is 19.9. The summed E-state index contributed by atoms with van der Waals surface area (Å²) in [7, 11) is -3.32. The van der Waals surface area contributed by atoms with Crippen LogP contribution in [-0.4, -0.2) is 39.2 Å². The quantitative estimate of drug-likeness (QED) is 0.460. The van der Waals surface area contributed by atoms with Gasteiger partial charge in [0.15, 0.2) is 9.84 Å². The largest absolute Gasteiger partial charge is 0.416 e. The fourth-order valence-corrected chi connectivity index (χ4v) is 5.18. The molecule has 0 radical (unpaired) electrons. The number of rotatable bonds is 5. The number of piperazine rings is 1. The minimum absolute atomic E-state index is 0.0193. The molecule has 0 bridgehead atoms. The van der Waals surface area contributed by atoms with E-state index in [9.17, 15) is 21.6 Å². The lowest BCUT2D eigenvalue weighted by atomic mass is 9.96. The van der Waals surface area contributed by atoms with Crippen LogP contribution in [0.15, 0.2) is 83.8 Å². The number of benzene rings is 3. The highest BCUT2D eigenvalue weighted by Gasteiger charge is 2.34. The molecule has 0 aromatic heterocycles. The fraction of sp³-hybridized carbons (Fsp3) is 0.308. The van der Waals surface area contributed by atoms with Crippen LogP contribution in [0.3, 0.4) is 0 Å². The summed E-state index contributed by atoms with van der Waals surface area (Å²) in [6, 6.07) is 22.2. The van der Waals surface area contributed by atoms with Crippen molar-refractivity contribution in [3.8, 4) is 0 Å². The van der Waals surface area contributed by atoms with Crippen molar-refractivity contribution in [1.29, 1.82) is 0 Å². The molecule has 34 heavy (non-hydrogen) atoms. The first-order valence-corrected chi connectivity index (χ1v) is 13.0. The molecule has 1 aliphatic heterocycles. The van der Waals surface area contributed by atoms with E-state index in [1.54, 1.807) is 30.3 Å². The van der Waals surface area contributed by atoms with Crippen LogP contribution < -0.4 is 4.90 Å². The maximum atomic E-state index is 13.0. The molecule has 3 aromatic rings. The number of hydrogen-bond donors (Lipinski definition) is 0. The van der Waals surface area contributed by atoms with E-state index in [0.717, 1.165) is 28.9 Å². The summed E-state index contributed by atoms with van der Waals surface area (Å²) in [5.41, 5.74) is 2.11. The average Bonchev–Trinajstić information content (AvgIpc) is 2.83. The molecule has 180 valence electrons. The van der Waals surface area contributed by atoms with E-state index in [-0.39, 0.29) is 17.0 Å². The van der Waals surface area contributed by atoms with Gasteiger partial charge in [0.1, 0.15) is 0 Å². The normalized spacial score (nSPS) is 18.6. The lowest BCUT2D eigenvalue weighted by Crippen LogP contribution is -2.49. The van der Waals surface area contributed by atoms with Crippen LogP contribution in [0.4, 0.5) is 18.9 Å². The molecule has 4 nitrogen and oxygen atoms in total. The topological polar surface area (TPSA) is 40.6 Å². The van der Waals surface area contributed by atoms with Gasteiger partial charge in [0, 0.05) is 37.6 Å². The molecular formula is C26H27F3N2O2S. The van der Waals surface area contributed by atoms with Crippen LogP contribution in [0, 0.1) is 0 Å². The molecule has 0 amide bonds. The predicted octanol–water partition coefficient (Wildman–Crippen LogP) is 5.73. The van der Waals surface area contributed by atoms with Crippen LogP contribution in [0.2, 0.25) is 0 Å². The van der Waals surface area contributed by atoms with Gasteiger partial charge in [-0.25, -0.2) is 8.42 Å². The Balaban J connectivity index is 1.63. The van der Waals surface area contributed by atoms with Gasteiger partial charge in [-0.3, -0.25) is 4.90 Å². The van der Waals surface area contributed by atoms with E-state index in [1.807, 2.05) is 43.3 Å². The van der Waals surface area contributed by atoms with Gasteiger partial charge in [0.05, 0.1) is 16.5 Å². The van der Waals surface area contributed by atoms with Crippen molar-refractivity contribution in [2.24, 2.45) is 0 Å².